The first-order chi connectivity index (χ1) is 9.54. The SMILES string of the molecule is CCCNC(Cc1c(Cl)c(C)nn1CC)C(C)CCC. The van der Waals surface area contributed by atoms with E-state index in [0.717, 1.165) is 36.6 Å². The topological polar surface area (TPSA) is 29.9 Å². The summed E-state index contributed by atoms with van der Waals surface area (Å²) in [6.45, 7) is 12.9. The molecule has 0 saturated heterocycles. The Kier molecular flexibility index (Phi) is 7.60. The van der Waals surface area contributed by atoms with Crippen LogP contribution in [0.3, 0.4) is 0 Å². The lowest BCUT2D eigenvalue weighted by Gasteiger charge is -2.25. The largest absolute Gasteiger partial charge is 0.313 e. The van der Waals surface area contributed by atoms with Gasteiger partial charge in [-0.25, -0.2) is 0 Å². The first kappa shape index (κ1) is 17.5. The van der Waals surface area contributed by atoms with Crippen LogP contribution in [0.2, 0.25) is 5.02 Å². The normalized spacial score (nSPS) is 14.5. The summed E-state index contributed by atoms with van der Waals surface area (Å²) in [5.41, 5.74) is 2.13. The van der Waals surface area contributed by atoms with E-state index in [1.54, 1.807) is 0 Å². The number of nitrogens with one attached hydrogen (secondary N) is 1. The van der Waals surface area contributed by atoms with E-state index in [2.05, 4.69) is 42.8 Å². The number of hydrogen-bond donors (Lipinski definition) is 1. The molecule has 1 heterocycles. The van der Waals surface area contributed by atoms with Crippen molar-refractivity contribution in [2.75, 3.05) is 6.54 Å². The highest BCUT2D eigenvalue weighted by Gasteiger charge is 2.21. The van der Waals surface area contributed by atoms with Gasteiger partial charge in [-0.3, -0.25) is 4.68 Å². The van der Waals surface area contributed by atoms with Crippen molar-refractivity contribution in [3.05, 3.63) is 16.4 Å². The molecule has 0 radical (unpaired) electrons. The third-order valence-electron chi connectivity index (χ3n) is 3.95. The highest BCUT2D eigenvalue weighted by Crippen LogP contribution is 2.24. The summed E-state index contributed by atoms with van der Waals surface area (Å²) in [6.07, 6.45) is 4.60. The predicted molar refractivity (Wildman–Crippen MR) is 87.5 cm³/mol. The maximum Gasteiger partial charge on any atom is 0.0847 e. The molecule has 0 amide bonds. The van der Waals surface area contributed by atoms with E-state index in [4.69, 9.17) is 11.6 Å². The van der Waals surface area contributed by atoms with Crippen LogP contribution in [0.4, 0.5) is 0 Å². The van der Waals surface area contributed by atoms with Crippen molar-refractivity contribution in [3.63, 3.8) is 0 Å². The Balaban J connectivity index is 2.87. The Bertz CT molecular complexity index is 401. The number of rotatable bonds is 9. The van der Waals surface area contributed by atoms with Crippen molar-refractivity contribution in [1.29, 1.82) is 0 Å². The highest BCUT2D eigenvalue weighted by molar-refractivity contribution is 6.31. The average molecular weight is 300 g/mol. The van der Waals surface area contributed by atoms with Gasteiger partial charge in [0.15, 0.2) is 0 Å². The number of aryl methyl sites for hydroxylation is 2. The van der Waals surface area contributed by atoms with Crippen LogP contribution in [-0.4, -0.2) is 22.4 Å². The van der Waals surface area contributed by atoms with Crippen LogP contribution < -0.4 is 5.32 Å². The van der Waals surface area contributed by atoms with Crippen molar-refractivity contribution in [2.24, 2.45) is 5.92 Å². The van der Waals surface area contributed by atoms with Gasteiger partial charge in [-0.1, -0.05) is 38.8 Å². The molecule has 0 aliphatic heterocycles. The Labute approximate surface area is 129 Å². The fourth-order valence-corrected chi connectivity index (χ4v) is 2.95. The summed E-state index contributed by atoms with van der Waals surface area (Å²) >= 11 is 6.44. The van der Waals surface area contributed by atoms with Crippen LogP contribution in [-0.2, 0) is 13.0 Å². The summed E-state index contributed by atoms with van der Waals surface area (Å²) in [6, 6.07) is 0.480. The molecule has 1 aromatic heterocycles. The van der Waals surface area contributed by atoms with Crippen molar-refractivity contribution >= 4 is 11.6 Å². The fourth-order valence-electron chi connectivity index (χ4n) is 2.73. The fraction of sp³-hybridized carbons (Fsp3) is 0.812. The predicted octanol–water partition coefficient (Wildman–Crippen LogP) is 4.21. The van der Waals surface area contributed by atoms with Gasteiger partial charge < -0.3 is 5.32 Å². The molecular weight excluding hydrogens is 270 g/mol. The second-order valence-corrected chi connectivity index (χ2v) is 6.07. The summed E-state index contributed by atoms with van der Waals surface area (Å²) < 4.78 is 2.05. The minimum Gasteiger partial charge on any atom is -0.313 e. The Morgan fingerprint density at radius 3 is 2.50 bits per heavy atom. The van der Waals surface area contributed by atoms with Crippen LogP contribution in [0.15, 0.2) is 0 Å². The van der Waals surface area contributed by atoms with E-state index in [9.17, 15) is 0 Å². The van der Waals surface area contributed by atoms with Gasteiger partial charge in [0.05, 0.1) is 16.4 Å². The van der Waals surface area contributed by atoms with Crippen molar-refractivity contribution in [3.8, 4) is 0 Å². The van der Waals surface area contributed by atoms with Crippen LogP contribution in [0.5, 0.6) is 0 Å². The van der Waals surface area contributed by atoms with Gasteiger partial charge in [0, 0.05) is 19.0 Å². The number of hydrogen-bond acceptors (Lipinski definition) is 2. The minimum atomic E-state index is 0.480. The first-order valence-corrected chi connectivity index (χ1v) is 8.37. The van der Waals surface area contributed by atoms with Gasteiger partial charge in [-0.2, -0.15) is 5.10 Å². The summed E-state index contributed by atoms with van der Waals surface area (Å²) in [5, 5.41) is 9.06. The van der Waals surface area contributed by atoms with Crippen LogP contribution in [0.1, 0.15) is 58.3 Å². The van der Waals surface area contributed by atoms with Gasteiger partial charge in [-0.15, -0.1) is 0 Å². The van der Waals surface area contributed by atoms with E-state index in [1.165, 1.54) is 18.5 Å². The zero-order valence-corrected chi connectivity index (χ0v) is 14.4. The van der Waals surface area contributed by atoms with E-state index >= 15 is 0 Å². The summed E-state index contributed by atoms with van der Waals surface area (Å²) in [4.78, 5) is 0. The molecule has 0 saturated carbocycles. The molecular formula is C16H30ClN3. The molecule has 1 N–H and O–H groups in total. The van der Waals surface area contributed by atoms with Crippen LogP contribution >= 0.6 is 11.6 Å². The third kappa shape index (κ3) is 4.49. The molecule has 0 bridgehead atoms. The standard InChI is InChI=1S/C16H30ClN3/c1-6-9-12(4)14(18-10-7-2)11-15-16(17)13(5)19-20(15)8-3/h12,14,18H,6-11H2,1-5H3. The molecule has 116 valence electrons. The van der Waals surface area contributed by atoms with Crippen LogP contribution in [0.25, 0.3) is 0 Å². The van der Waals surface area contributed by atoms with E-state index < -0.39 is 0 Å². The Morgan fingerprint density at radius 1 is 1.25 bits per heavy atom. The number of halogens is 1. The number of nitrogens with zero attached hydrogens (tertiary/aromatic N) is 2. The molecule has 2 atom stereocenters. The number of aromatic nitrogens is 2. The maximum absolute atomic E-state index is 6.44. The van der Waals surface area contributed by atoms with Crippen LogP contribution in [0, 0.1) is 12.8 Å². The molecule has 1 aromatic rings. The molecule has 3 nitrogen and oxygen atoms in total. The Hall–Kier alpha value is -0.540. The maximum atomic E-state index is 6.44. The first-order valence-electron chi connectivity index (χ1n) is 8.00. The van der Waals surface area contributed by atoms with Gasteiger partial charge in [0.1, 0.15) is 0 Å². The minimum absolute atomic E-state index is 0.480. The molecule has 0 aliphatic rings. The van der Waals surface area contributed by atoms with Gasteiger partial charge >= 0.3 is 0 Å². The van der Waals surface area contributed by atoms with Crippen molar-refractivity contribution in [1.82, 2.24) is 15.1 Å². The van der Waals surface area contributed by atoms with Crippen molar-refractivity contribution < 1.29 is 0 Å². The molecule has 0 aliphatic carbocycles. The molecule has 2 unspecified atom stereocenters. The third-order valence-corrected chi connectivity index (χ3v) is 4.45. The molecule has 1 rings (SSSR count). The zero-order valence-electron chi connectivity index (χ0n) is 13.7. The second kappa shape index (κ2) is 8.68. The van der Waals surface area contributed by atoms with Crippen molar-refractivity contribution in [2.45, 2.75) is 72.9 Å². The zero-order chi connectivity index (χ0) is 15.1. The molecule has 0 aromatic carbocycles. The molecule has 4 heteroatoms. The van der Waals surface area contributed by atoms with E-state index in [1.807, 2.05) is 6.92 Å². The summed E-state index contributed by atoms with van der Waals surface area (Å²) in [5.74, 6) is 0.656. The molecule has 0 spiro atoms. The van der Waals surface area contributed by atoms with Gasteiger partial charge in [0.2, 0.25) is 0 Å². The second-order valence-electron chi connectivity index (χ2n) is 5.69. The van der Waals surface area contributed by atoms with Gasteiger partial charge in [0.25, 0.3) is 0 Å². The lowest BCUT2D eigenvalue weighted by Crippen LogP contribution is -2.38. The van der Waals surface area contributed by atoms with E-state index in [0.29, 0.717) is 12.0 Å². The van der Waals surface area contributed by atoms with E-state index in [-0.39, 0.29) is 0 Å². The summed E-state index contributed by atoms with van der Waals surface area (Å²) in [7, 11) is 0. The molecule has 0 fully saturated rings. The average Bonchev–Trinajstić information content (AvgIpc) is 2.70. The lowest BCUT2D eigenvalue weighted by molar-refractivity contribution is 0.346. The highest BCUT2D eigenvalue weighted by atomic mass is 35.5. The monoisotopic (exact) mass is 299 g/mol. The van der Waals surface area contributed by atoms with Gasteiger partial charge in [-0.05, 0) is 39.2 Å². The molecule has 20 heavy (non-hydrogen) atoms. The Morgan fingerprint density at radius 2 is 1.95 bits per heavy atom. The lowest BCUT2D eigenvalue weighted by atomic mass is 9.93. The quantitative estimate of drug-likeness (QED) is 0.740. The smallest absolute Gasteiger partial charge is 0.0847 e.